The van der Waals surface area contributed by atoms with E-state index in [9.17, 15) is 4.39 Å². The van der Waals surface area contributed by atoms with Gasteiger partial charge < -0.3 is 0 Å². The SMILES string of the molecule is CCCCCCCC(CCl)Cc1cccc(F)c1. The van der Waals surface area contributed by atoms with Crippen LogP contribution >= 0.6 is 11.6 Å². The molecule has 0 heterocycles. The molecule has 18 heavy (non-hydrogen) atoms. The monoisotopic (exact) mass is 270 g/mol. The molecule has 0 spiro atoms. The largest absolute Gasteiger partial charge is 0.207 e. The third-order valence-corrected chi connectivity index (χ3v) is 3.78. The molecule has 0 aliphatic carbocycles. The van der Waals surface area contributed by atoms with Crippen molar-refractivity contribution in [2.24, 2.45) is 5.92 Å². The lowest BCUT2D eigenvalue weighted by molar-refractivity contribution is 0.486. The van der Waals surface area contributed by atoms with Crippen LogP contribution in [0.15, 0.2) is 24.3 Å². The average Bonchev–Trinajstić information content (AvgIpc) is 2.37. The van der Waals surface area contributed by atoms with Crippen LogP contribution in [0.3, 0.4) is 0 Å². The topological polar surface area (TPSA) is 0 Å². The summed E-state index contributed by atoms with van der Waals surface area (Å²) in [5.74, 6) is 1.00. The van der Waals surface area contributed by atoms with Crippen molar-refractivity contribution in [3.8, 4) is 0 Å². The van der Waals surface area contributed by atoms with Crippen LogP contribution in [0.1, 0.15) is 51.0 Å². The first kappa shape index (κ1) is 15.5. The summed E-state index contributed by atoms with van der Waals surface area (Å²) in [6.45, 7) is 2.23. The molecule has 0 bridgehead atoms. The molecule has 0 saturated carbocycles. The maximum absolute atomic E-state index is 13.1. The van der Waals surface area contributed by atoms with Crippen LogP contribution in [0.4, 0.5) is 4.39 Å². The molecule has 1 rings (SSSR count). The van der Waals surface area contributed by atoms with Crippen molar-refractivity contribution in [2.75, 3.05) is 5.88 Å². The van der Waals surface area contributed by atoms with Gasteiger partial charge in [0.2, 0.25) is 0 Å². The van der Waals surface area contributed by atoms with Gasteiger partial charge >= 0.3 is 0 Å². The molecule has 1 aromatic rings. The Morgan fingerprint density at radius 3 is 2.61 bits per heavy atom. The van der Waals surface area contributed by atoms with Gasteiger partial charge in [-0.05, 0) is 36.5 Å². The summed E-state index contributed by atoms with van der Waals surface area (Å²) in [6, 6.07) is 6.87. The second-order valence-corrected chi connectivity index (χ2v) is 5.37. The number of hydrogen-bond donors (Lipinski definition) is 0. The van der Waals surface area contributed by atoms with E-state index in [1.54, 1.807) is 12.1 Å². The number of alkyl halides is 1. The van der Waals surface area contributed by atoms with Gasteiger partial charge in [-0.25, -0.2) is 4.39 Å². The molecule has 1 unspecified atom stereocenters. The molecule has 0 saturated heterocycles. The molecular formula is C16H24ClF. The zero-order valence-corrected chi connectivity index (χ0v) is 12.1. The highest BCUT2D eigenvalue weighted by atomic mass is 35.5. The summed E-state index contributed by atoms with van der Waals surface area (Å²) < 4.78 is 13.1. The predicted octanol–water partition coefficient (Wildman–Crippen LogP) is 5.58. The summed E-state index contributed by atoms with van der Waals surface area (Å²) in [5, 5.41) is 0. The molecule has 0 nitrogen and oxygen atoms in total. The minimum absolute atomic E-state index is 0.149. The number of benzene rings is 1. The summed E-state index contributed by atoms with van der Waals surface area (Å²) in [6.07, 6.45) is 8.53. The Balaban J connectivity index is 2.28. The van der Waals surface area contributed by atoms with E-state index in [0.29, 0.717) is 11.8 Å². The van der Waals surface area contributed by atoms with Crippen molar-refractivity contribution < 1.29 is 4.39 Å². The number of rotatable bonds is 9. The number of hydrogen-bond acceptors (Lipinski definition) is 0. The Morgan fingerprint density at radius 2 is 1.94 bits per heavy atom. The molecule has 0 aromatic heterocycles. The van der Waals surface area contributed by atoms with Gasteiger partial charge in [0.05, 0.1) is 0 Å². The molecule has 0 N–H and O–H groups in total. The van der Waals surface area contributed by atoms with Crippen LogP contribution in [-0.4, -0.2) is 5.88 Å². The van der Waals surface area contributed by atoms with Crippen molar-refractivity contribution in [1.82, 2.24) is 0 Å². The van der Waals surface area contributed by atoms with Gasteiger partial charge in [-0.1, -0.05) is 51.2 Å². The standard InChI is InChI=1S/C16H24ClF/c1-2-3-4-5-6-8-15(13-17)11-14-9-7-10-16(18)12-14/h7,9-10,12,15H,2-6,8,11,13H2,1H3. The van der Waals surface area contributed by atoms with Gasteiger partial charge in [0.1, 0.15) is 5.82 Å². The Bertz CT molecular complexity index is 325. The van der Waals surface area contributed by atoms with Gasteiger partial charge in [0.15, 0.2) is 0 Å². The van der Waals surface area contributed by atoms with E-state index >= 15 is 0 Å². The number of halogens is 2. The van der Waals surface area contributed by atoms with Gasteiger partial charge in [0.25, 0.3) is 0 Å². The second-order valence-electron chi connectivity index (χ2n) is 5.06. The van der Waals surface area contributed by atoms with Gasteiger partial charge in [0, 0.05) is 5.88 Å². The van der Waals surface area contributed by atoms with Crippen molar-refractivity contribution >= 4 is 11.6 Å². The summed E-state index contributed by atoms with van der Waals surface area (Å²) >= 11 is 6.00. The highest BCUT2D eigenvalue weighted by Crippen LogP contribution is 2.18. The van der Waals surface area contributed by atoms with Crippen LogP contribution in [0.25, 0.3) is 0 Å². The normalized spacial score (nSPS) is 12.6. The minimum Gasteiger partial charge on any atom is -0.207 e. The molecule has 0 amide bonds. The van der Waals surface area contributed by atoms with Crippen LogP contribution in [0, 0.1) is 11.7 Å². The third kappa shape index (κ3) is 6.39. The van der Waals surface area contributed by atoms with Crippen LogP contribution in [0.2, 0.25) is 0 Å². The van der Waals surface area contributed by atoms with Gasteiger partial charge in [-0.2, -0.15) is 0 Å². The molecule has 0 radical (unpaired) electrons. The van der Waals surface area contributed by atoms with Gasteiger partial charge in [-0.3, -0.25) is 0 Å². The Labute approximate surface area is 116 Å². The molecule has 0 aliphatic heterocycles. The summed E-state index contributed by atoms with van der Waals surface area (Å²) in [5.41, 5.74) is 1.06. The maximum Gasteiger partial charge on any atom is 0.123 e. The van der Waals surface area contributed by atoms with E-state index < -0.39 is 0 Å². The van der Waals surface area contributed by atoms with Gasteiger partial charge in [-0.15, -0.1) is 11.6 Å². The van der Waals surface area contributed by atoms with E-state index in [1.807, 2.05) is 6.07 Å². The fourth-order valence-electron chi connectivity index (χ4n) is 2.27. The van der Waals surface area contributed by atoms with E-state index in [-0.39, 0.29) is 5.82 Å². The van der Waals surface area contributed by atoms with Crippen molar-refractivity contribution in [3.63, 3.8) is 0 Å². The molecule has 0 fully saturated rings. The first-order valence-corrected chi connectivity index (χ1v) is 7.60. The fourth-order valence-corrected chi connectivity index (χ4v) is 2.53. The molecule has 1 atom stereocenters. The molecule has 2 heteroatoms. The fraction of sp³-hybridized carbons (Fsp3) is 0.625. The Kier molecular flexibility index (Phi) is 8.08. The van der Waals surface area contributed by atoms with Crippen molar-refractivity contribution in [3.05, 3.63) is 35.6 Å². The minimum atomic E-state index is -0.149. The molecule has 1 aromatic carbocycles. The van der Waals surface area contributed by atoms with Crippen LogP contribution in [-0.2, 0) is 6.42 Å². The molecular weight excluding hydrogens is 247 g/mol. The lowest BCUT2D eigenvalue weighted by atomic mass is 9.95. The highest BCUT2D eigenvalue weighted by molar-refractivity contribution is 6.18. The zero-order valence-electron chi connectivity index (χ0n) is 11.3. The highest BCUT2D eigenvalue weighted by Gasteiger charge is 2.08. The summed E-state index contributed by atoms with van der Waals surface area (Å²) in [4.78, 5) is 0. The Hall–Kier alpha value is -0.560. The first-order valence-electron chi connectivity index (χ1n) is 7.06. The van der Waals surface area contributed by atoms with Crippen LogP contribution < -0.4 is 0 Å². The average molecular weight is 271 g/mol. The van der Waals surface area contributed by atoms with Crippen molar-refractivity contribution in [1.29, 1.82) is 0 Å². The lowest BCUT2D eigenvalue weighted by Gasteiger charge is -2.13. The predicted molar refractivity (Wildman–Crippen MR) is 77.7 cm³/mol. The summed E-state index contributed by atoms with van der Waals surface area (Å²) in [7, 11) is 0. The number of unbranched alkanes of at least 4 members (excludes halogenated alkanes) is 4. The van der Waals surface area contributed by atoms with Crippen LogP contribution in [0.5, 0.6) is 0 Å². The third-order valence-electron chi connectivity index (χ3n) is 3.35. The smallest absolute Gasteiger partial charge is 0.123 e. The molecule has 102 valence electrons. The lowest BCUT2D eigenvalue weighted by Crippen LogP contribution is -2.06. The van der Waals surface area contributed by atoms with Crippen molar-refractivity contribution in [2.45, 2.75) is 51.9 Å². The Morgan fingerprint density at radius 1 is 1.17 bits per heavy atom. The van der Waals surface area contributed by atoms with E-state index in [4.69, 9.17) is 11.6 Å². The second kappa shape index (κ2) is 9.38. The first-order chi connectivity index (χ1) is 8.76. The zero-order chi connectivity index (χ0) is 13.2. The van der Waals surface area contributed by atoms with E-state index in [2.05, 4.69) is 6.92 Å². The quantitative estimate of drug-likeness (QED) is 0.406. The van der Waals surface area contributed by atoms with E-state index in [0.717, 1.165) is 18.4 Å². The molecule has 0 aliphatic rings. The maximum atomic E-state index is 13.1. The van der Waals surface area contributed by atoms with E-state index in [1.165, 1.54) is 38.2 Å².